The van der Waals surface area contributed by atoms with Crippen LogP contribution in [0.15, 0.2) is 12.1 Å². The molecular weight excluding hydrogens is 262 g/mol. The van der Waals surface area contributed by atoms with E-state index in [1.165, 1.54) is 14.2 Å². The highest BCUT2D eigenvalue weighted by molar-refractivity contribution is 5.76. The maximum atomic E-state index is 11.6. The zero-order valence-electron chi connectivity index (χ0n) is 12.3. The molecule has 0 heterocycles. The van der Waals surface area contributed by atoms with Gasteiger partial charge in [-0.05, 0) is 13.0 Å². The van der Waals surface area contributed by atoms with Gasteiger partial charge in [-0.3, -0.25) is 4.79 Å². The molecule has 0 saturated carbocycles. The minimum atomic E-state index is -0.748. The van der Waals surface area contributed by atoms with Crippen LogP contribution in [0.25, 0.3) is 0 Å². The van der Waals surface area contributed by atoms with Crippen LogP contribution in [0, 0.1) is 0 Å². The summed E-state index contributed by atoms with van der Waals surface area (Å²) >= 11 is 0. The molecule has 0 amide bonds. The molecule has 112 valence electrons. The van der Waals surface area contributed by atoms with Crippen LogP contribution in [0.3, 0.4) is 0 Å². The highest BCUT2D eigenvalue weighted by Gasteiger charge is 2.21. The van der Waals surface area contributed by atoms with Gasteiger partial charge in [0.15, 0.2) is 11.5 Å². The Labute approximate surface area is 118 Å². The molecule has 6 heteroatoms. The lowest BCUT2D eigenvalue weighted by Crippen LogP contribution is -2.34. The third kappa shape index (κ3) is 3.54. The number of ether oxygens (including phenoxy) is 4. The molecule has 0 aromatic heterocycles. The molecule has 0 fully saturated rings. The summed E-state index contributed by atoms with van der Waals surface area (Å²) in [5, 5.41) is 0. The van der Waals surface area contributed by atoms with Crippen molar-refractivity contribution in [3.8, 4) is 17.2 Å². The largest absolute Gasteiger partial charge is 0.493 e. The lowest BCUT2D eigenvalue weighted by molar-refractivity contribution is -0.144. The third-order valence-corrected chi connectivity index (χ3v) is 2.81. The Bertz CT molecular complexity index is 461. The van der Waals surface area contributed by atoms with E-state index in [1.807, 2.05) is 0 Å². The Morgan fingerprint density at radius 3 is 2.30 bits per heavy atom. The van der Waals surface area contributed by atoms with E-state index in [9.17, 15) is 4.79 Å². The van der Waals surface area contributed by atoms with Gasteiger partial charge in [0.05, 0.1) is 27.9 Å². The molecule has 1 aromatic rings. The van der Waals surface area contributed by atoms with Crippen LogP contribution in [0.1, 0.15) is 12.5 Å². The average Bonchev–Trinajstić information content (AvgIpc) is 2.46. The summed E-state index contributed by atoms with van der Waals surface area (Å²) in [5.41, 5.74) is 6.57. The van der Waals surface area contributed by atoms with Crippen LogP contribution in [0.4, 0.5) is 0 Å². The number of nitrogens with two attached hydrogens (primary N) is 1. The number of rotatable bonds is 7. The van der Waals surface area contributed by atoms with Crippen molar-refractivity contribution in [1.82, 2.24) is 0 Å². The van der Waals surface area contributed by atoms with Crippen molar-refractivity contribution in [2.75, 3.05) is 27.9 Å². The highest BCUT2D eigenvalue weighted by Crippen LogP contribution is 2.40. The maximum absolute atomic E-state index is 11.6. The first-order valence-corrected chi connectivity index (χ1v) is 6.29. The van der Waals surface area contributed by atoms with Crippen molar-refractivity contribution < 1.29 is 23.7 Å². The van der Waals surface area contributed by atoms with Crippen LogP contribution in [-0.2, 0) is 16.0 Å². The fourth-order valence-electron chi connectivity index (χ4n) is 1.89. The Morgan fingerprint density at radius 2 is 1.80 bits per heavy atom. The van der Waals surface area contributed by atoms with Gasteiger partial charge in [0.1, 0.15) is 6.04 Å². The number of carbonyl (C=O) groups is 1. The molecule has 0 aliphatic rings. The molecule has 2 N–H and O–H groups in total. The number of methoxy groups -OCH3 is 3. The van der Waals surface area contributed by atoms with Crippen LogP contribution >= 0.6 is 0 Å². The summed E-state index contributed by atoms with van der Waals surface area (Å²) < 4.78 is 20.7. The minimum absolute atomic E-state index is 0.294. The number of carbonyl (C=O) groups excluding carboxylic acids is 1. The van der Waals surface area contributed by atoms with Gasteiger partial charge in [-0.2, -0.15) is 0 Å². The van der Waals surface area contributed by atoms with Gasteiger partial charge in [-0.1, -0.05) is 6.07 Å². The first kappa shape index (κ1) is 16.1. The first-order chi connectivity index (χ1) is 9.58. The van der Waals surface area contributed by atoms with Gasteiger partial charge >= 0.3 is 5.97 Å². The van der Waals surface area contributed by atoms with Gasteiger partial charge in [-0.25, -0.2) is 0 Å². The second kappa shape index (κ2) is 7.59. The molecule has 0 saturated heterocycles. The standard InChI is InChI=1S/C14H21NO5/c1-5-20-14(16)10(15)8-9-6-7-11(17-2)13(19-4)12(9)18-3/h6-7,10H,5,8,15H2,1-4H3. The Balaban J connectivity index is 3.03. The second-order valence-corrected chi connectivity index (χ2v) is 4.06. The summed E-state index contributed by atoms with van der Waals surface area (Å²) in [7, 11) is 4.59. The maximum Gasteiger partial charge on any atom is 0.323 e. The van der Waals surface area contributed by atoms with Crippen molar-refractivity contribution in [3.63, 3.8) is 0 Å². The monoisotopic (exact) mass is 283 g/mol. The number of hydrogen-bond donors (Lipinski definition) is 1. The van der Waals surface area contributed by atoms with Crippen molar-refractivity contribution in [2.24, 2.45) is 5.73 Å². The molecule has 20 heavy (non-hydrogen) atoms. The number of esters is 1. The quantitative estimate of drug-likeness (QED) is 0.756. The Hall–Kier alpha value is -1.95. The molecule has 0 bridgehead atoms. The summed E-state index contributed by atoms with van der Waals surface area (Å²) in [6, 6.07) is 2.79. The zero-order valence-corrected chi connectivity index (χ0v) is 12.3. The molecule has 1 rings (SSSR count). The van der Waals surface area contributed by atoms with E-state index in [2.05, 4.69) is 0 Å². The van der Waals surface area contributed by atoms with Crippen molar-refractivity contribution in [3.05, 3.63) is 17.7 Å². The van der Waals surface area contributed by atoms with Gasteiger partial charge in [0.25, 0.3) is 0 Å². The molecule has 1 atom stereocenters. The van der Waals surface area contributed by atoms with E-state index in [0.29, 0.717) is 30.3 Å². The lowest BCUT2D eigenvalue weighted by atomic mass is 10.0. The van der Waals surface area contributed by atoms with Crippen LogP contribution < -0.4 is 19.9 Å². The molecule has 6 nitrogen and oxygen atoms in total. The van der Waals surface area contributed by atoms with E-state index in [4.69, 9.17) is 24.7 Å². The molecule has 0 radical (unpaired) electrons. The van der Waals surface area contributed by atoms with E-state index >= 15 is 0 Å². The molecule has 0 aliphatic carbocycles. The smallest absolute Gasteiger partial charge is 0.323 e. The molecule has 0 spiro atoms. The summed E-state index contributed by atoms with van der Waals surface area (Å²) in [6.07, 6.45) is 0.294. The normalized spacial score (nSPS) is 11.7. The number of benzene rings is 1. The van der Waals surface area contributed by atoms with Crippen LogP contribution in [-0.4, -0.2) is 39.9 Å². The van der Waals surface area contributed by atoms with Gasteiger partial charge in [0.2, 0.25) is 5.75 Å². The van der Waals surface area contributed by atoms with E-state index in [-0.39, 0.29) is 0 Å². The fourth-order valence-corrected chi connectivity index (χ4v) is 1.89. The predicted octanol–water partition coefficient (Wildman–Crippen LogP) is 1.15. The first-order valence-electron chi connectivity index (χ1n) is 6.29. The SMILES string of the molecule is CCOC(=O)C(N)Cc1ccc(OC)c(OC)c1OC. The average molecular weight is 283 g/mol. The minimum Gasteiger partial charge on any atom is -0.493 e. The topological polar surface area (TPSA) is 80.0 Å². The molecular formula is C14H21NO5. The van der Waals surface area contributed by atoms with Crippen molar-refractivity contribution >= 4 is 5.97 Å². The Kier molecular flexibility index (Phi) is 6.11. The predicted molar refractivity (Wildman–Crippen MR) is 74.4 cm³/mol. The molecule has 1 unspecified atom stereocenters. The zero-order chi connectivity index (χ0) is 15.1. The fraction of sp³-hybridized carbons (Fsp3) is 0.500. The summed E-state index contributed by atoms with van der Waals surface area (Å²) in [6.45, 7) is 2.04. The summed E-state index contributed by atoms with van der Waals surface area (Å²) in [5.74, 6) is 1.09. The van der Waals surface area contributed by atoms with Gasteiger partial charge in [0, 0.05) is 12.0 Å². The lowest BCUT2D eigenvalue weighted by Gasteiger charge is -2.17. The molecule has 0 aliphatic heterocycles. The highest BCUT2D eigenvalue weighted by atomic mass is 16.5. The Morgan fingerprint density at radius 1 is 1.15 bits per heavy atom. The van der Waals surface area contributed by atoms with E-state index in [0.717, 1.165) is 5.56 Å². The van der Waals surface area contributed by atoms with E-state index in [1.54, 1.807) is 26.2 Å². The third-order valence-electron chi connectivity index (χ3n) is 2.81. The van der Waals surface area contributed by atoms with Gasteiger partial charge in [-0.15, -0.1) is 0 Å². The van der Waals surface area contributed by atoms with Crippen molar-refractivity contribution in [2.45, 2.75) is 19.4 Å². The van der Waals surface area contributed by atoms with E-state index < -0.39 is 12.0 Å². The molecule has 1 aromatic carbocycles. The van der Waals surface area contributed by atoms with Gasteiger partial charge < -0.3 is 24.7 Å². The van der Waals surface area contributed by atoms with Crippen LogP contribution in [0.2, 0.25) is 0 Å². The number of hydrogen-bond acceptors (Lipinski definition) is 6. The van der Waals surface area contributed by atoms with Crippen molar-refractivity contribution in [1.29, 1.82) is 0 Å². The second-order valence-electron chi connectivity index (χ2n) is 4.06. The summed E-state index contributed by atoms with van der Waals surface area (Å²) in [4.78, 5) is 11.6. The van der Waals surface area contributed by atoms with Crippen LogP contribution in [0.5, 0.6) is 17.2 Å².